The lowest BCUT2D eigenvalue weighted by Crippen LogP contribution is -2.13. The highest BCUT2D eigenvalue weighted by Crippen LogP contribution is 2.29. The Labute approximate surface area is 103 Å². The summed E-state index contributed by atoms with van der Waals surface area (Å²) < 4.78 is 0. The summed E-state index contributed by atoms with van der Waals surface area (Å²) in [4.78, 5) is 10.3. The van der Waals surface area contributed by atoms with Gasteiger partial charge in [-0.2, -0.15) is 0 Å². The Balaban J connectivity index is 3.17. The van der Waals surface area contributed by atoms with E-state index in [-0.39, 0.29) is 16.4 Å². The third kappa shape index (κ3) is 3.67. The predicted octanol–water partition coefficient (Wildman–Crippen LogP) is 3.64. The summed E-state index contributed by atoms with van der Waals surface area (Å²) in [5.41, 5.74) is -0.623. The summed E-state index contributed by atoms with van der Waals surface area (Å²) in [6, 6.07) is 3.62. The lowest BCUT2D eigenvalue weighted by Gasteiger charge is -2.09. The van der Waals surface area contributed by atoms with Gasteiger partial charge in [0.15, 0.2) is 0 Å². The van der Waals surface area contributed by atoms with Gasteiger partial charge in [-0.15, -0.1) is 0 Å². The molecule has 0 fully saturated rings. The van der Waals surface area contributed by atoms with Gasteiger partial charge in [0.05, 0.1) is 4.92 Å². The molecule has 17 heavy (non-hydrogen) atoms. The third-order valence-corrected chi connectivity index (χ3v) is 2.04. The maximum absolute atomic E-state index is 11.7. The van der Waals surface area contributed by atoms with Gasteiger partial charge in [0.2, 0.25) is 0 Å². The van der Waals surface area contributed by atoms with Gasteiger partial charge in [-0.25, -0.2) is 0 Å². The molecule has 0 spiro atoms. The summed E-state index contributed by atoms with van der Waals surface area (Å²) in [5.74, 6) is 0. The van der Waals surface area contributed by atoms with Crippen LogP contribution in [-0.4, -0.2) is 15.3 Å². The Hall–Kier alpha value is -1.69. The summed E-state index contributed by atoms with van der Waals surface area (Å²) in [6.45, 7) is 5.28. The molecule has 92 valence electrons. The molecule has 0 aliphatic heterocycles. The topological polar surface area (TPSA) is 81.6 Å². The van der Waals surface area contributed by atoms with Gasteiger partial charge in [-0.3, -0.25) is 10.1 Å². The van der Waals surface area contributed by atoms with E-state index in [1.54, 1.807) is 20.8 Å². The third-order valence-electron chi connectivity index (χ3n) is 1.74. The van der Waals surface area contributed by atoms with E-state index in [0.29, 0.717) is 4.86 Å². The highest BCUT2D eigenvalue weighted by atomic mass is 35.5. The van der Waals surface area contributed by atoms with Crippen LogP contribution in [0.4, 0.5) is 11.4 Å². The van der Waals surface area contributed by atoms with Crippen LogP contribution in [0.2, 0.25) is 5.02 Å². The van der Waals surface area contributed by atoms with E-state index >= 15 is 0 Å². The first-order chi connectivity index (χ1) is 7.70. The summed E-state index contributed by atoms with van der Waals surface area (Å²) >= 11 is 5.79. The first kappa shape index (κ1) is 13.4. The van der Waals surface area contributed by atoms with Gasteiger partial charge in [0, 0.05) is 18.2 Å². The van der Waals surface area contributed by atoms with Crippen LogP contribution >= 0.6 is 11.6 Å². The zero-order chi connectivity index (χ0) is 13.2. The minimum Gasteiger partial charge on any atom is -0.594 e. The maximum atomic E-state index is 11.7. The lowest BCUT2D eigenvalue weighted by atomic mass is 10.1. The number of benzene rings is 1. The molecule has 0 saturated heterocycles. The molecule has 0 bridgehead atoms. The van der Waals surface area contributed by atoms with Crippen molar-refractivity contribution in [3.05, 3.63) is 38.5 Å². The van der Waals surface area contributed by atoms with Crippen LogP contribution < -0.4 is 0 Å². The summed E-state index contributed by atoms with van der Waals surface area (Å²) in [7, 11) is 0. The van der Waals surface area contributed by atoms with E-state index in [4.69, 9.17) is 11.6 Å². The number of rotatable bonds is 2. The molecule has 6 nitrogen and oxygen atoms in total. The molecule has 0 N–H and O–H groups in total. The summed E-state index contributed by atoms with van der Waals surface area (Å²) in [6.07, 6.45) is 0. The molecular weight excluding hydrogens is 246 g/mol. The molecule has 1 aromatic rings. The van der Waals surface area contributed by atoms with Gasteiger partial charge in [0.1, 0.15) is 10.6 Å². The molecule has 0 unspecified atom stereocenters. The first-order valence-corrected chi connectivity index (χ1v) is 5.22. The summed E-state index contributed by atoms with van der Waals surface area (Å²) in [5, 5.41) is 26.0. The molecule has 0 aliphatic carbocycles. The molecule has 0 heterocycles. The Kier molecular flexibility index (Phi) is 3.67. The number of azo groups is 1. The average Bonchev–Trinajstić information content (AvgIpc) is 2.14. The van der Waals surface area contributed by atoms with Crippen LogP contribution in [-0.2, 0) is 0 Å². The standard InChI is InChI=1S/C10H12ClN3O3/c1-10(2,3)12-13(15)9-5-4-7(14(16)17)6-8(9)11/h4-6H,1-3H3. The van der Waals surface area contributed by atoms with Crippen molar-refractivity contribution in [3.8, 4) is 0 Å². The molecule has 0 aromatic heterocycles. The van der Waals surface area contributed by atoms with Crippen molar-refractivity contribution in [2.24, 2.45) is 5.11 Å². The van der Waals surface area contributed by atoms with Gasteiger partial charge < -0.3 is 5.21 Å². The van der Waals surface area contributed by atoms with E-state index in [1.807, 2.05) is 0 Å². The fraction of sp³-hybridized carbons (Fsp3) is 0.400. The van der Waals surface area contributed by atoms with E-state index in [1.165, 1.54) is 12.1 Å². The van der Waals surface area contributed by atoms with E-state index in [2.05, 4.69) is 5.11 Å². The molecule has 0 atom stereocenters. The van der Waals surface area contributed by atoms with Crippen molar-refractivity contribution in [3.63, 3.8) is 0 Å². The van der Waals surface area contributed by atoms with Crippen molar-refractivity contribution in [1.82, 2.24) is 0 Å². The van der Waals surface area contributed by atoms with Gasteiger partial charge in [-0.1, -0.05) is 16.5 Å². The number of hydrogen-bond donors (Lipinski definition) is 0. The van der Waals surface area contributed by atoms with E-state index in [0.717, 1.165) is 6.07 Å². The molecule has 0 radical (unpaired) electrons. The van der Waals surface area contributed by atoms with Crippen molar-refractivity contribution < 1.29 is 9.78 Å². The molecule has 0 amide bonds. The minimum atomic E-state index is -0.578. The van der Waals surface area contributed by atoms with Crippen LogP contribution in [0.3, 0.4) is 0 Å². The Bertz CT molecular complexity index is 480. The highest BCUT2D eigenvalue weighted by Gasteiger charge is 2.19. The smallest absolute Gasteiger partial charge is 0.271 e. The van der Waals surface area contributed by atoms with Crippen LogP contribution in [0, 0.1) is 15.3 Å². The maximum Gasteiger partial charge on any atom is 0.271 e. The van der Waals surface area contributed by atoms with Crippen LogP contribution in [0.15, 0.2) is 23.3 Å². The molecular formula is C10H12ClN3O3. The van der Waals surface area contributed by atoms with Gasteiger partial charge in [-0.05, 0) is 25.9 Å². The molecule has 7 heteroatoms. The number of nitro groups is 1. The molecule has 1 rings (SSSR count). The Morgan fingerprint density at radius 1 is 1.29 bits per heavy atom. The second-order valence-electron chi connectivity index (χ2n) is 4.44. The normalized spacial score (nSPS) is 12.6. The number of hydrogen-bond acceptors (Lipinski definition) is 4. The van der Waals surface area contributed by atoms with Crippen molar-refractivity contribution in [2.45, 2.75) is 26.3 Å². The average molecular weight is 258 g/mol. The SMILES string of the molecule is CC(C)(C)N=[N+]([O-])c1ccc([N+](=O)[O-])cc1Cl. The van der Waals surface area contributed by atoms with Crippen molar-refractivity contribution in [1.29, 1.82) is 0 Å². The number of nitro benzene ring substituents is 1. The molecule has 0 aliphatic rings. The fourth-order valence-electron chi connectivity index (χ4n) is 1.09. The minimum absolute atomic E-state index is 0.00204. The zero-order valence-electron chi connectivity index (χ0n) is 9.68. The van der Waals surface area contributed by atoms with Crippen LogP contribution in [0.1, 0.15) is 20.8 Å². The van der Waals surface area contributed by atoms with Crippen LogP contribution in [0.5, 0.6) is 0 Å². The fourth-order valence-corrected chi connectivity index (χ4v) is 1.34. The monoisotopic (exact) mass is 257 g/mol. The van der Waals surface area contributed by atoms with Gasteiger partial charge >= 0.3 is 0 Å². The van der Waals surface area contributed by atoms with Crippen molar-refractivity contribution >= 4 is 23.0 Å². The number of halogens is 1. The largest absolute Gasteiger partial charge is 0.594 e. The van der Waals surface area contributed by atoms with E-state index in [9.17, 15) is 15.3 Å². The number of non-ortho nitro benzene ring substituents is 1. The predicted molar refractivity (Wildman–Crippen MR) is 63.6 cm³/mol. The number of nitrogens with zero attached hydrogens (tertiary/aromatic N) is 3. The highest BCUT2D eigenvalue weighted by molar-refractivity contribution is 6.32. The molecule has 1 aromatic carbocycles. The zero-order valence-corrected chi connectivity index (χ0v) is 10.4. The lowest BCUT2D eigenvalue weighted by molar-refractivity contribution is -0.449. The first-order valence-electron chi connectivity index (χ1n) is 4.85. The molecule has 0 saturated carbocycles. The second kappa shape index (κ2) is 4.67. The van der Waals surface area contributed by atoms with Crippen LogP contribution in [0.25, 0.3) is 0 Å². The Morgan fingerprint density at radius 2 is 1.88 bits per heavy atom. The second-order valence-corrected chi connectivity index (χ2v) is 4.84. The van der Waals surface area contributed by atoms with Crippen molar-refractivity contribution in [2.75, 3.05) is 0 Å². The van der Waals surface area contributed by atoms with Gasteiger partial charge in [0.25, 0.3) is 11.4 Å². The van der Waals surface area contributed by atoms with E-state index < -0.39 is 10.5 Å². The quantitative estimate of drug-likeness (QED) is 0.351. The Morgan fingerprint density at radius 3 is 2.29 bits per heavy atom.